The molecule has 0 bridgehead atoms. The summed E-state index contributed by atoms with van der Waals surface area (Å²) in [5, 5.41) is 1.93. The number of hydrogen-bond donors (Lipinski definition) is 0. The Hall–Kier alpha value is -0.380. The zero-order chi connectivity index (χ0) is 8.97. The summed E-state index contributed by atoms with van der Waals surface area (Å²) >= 11 is 1.51. The van der Waals surface area contributed by atoms with Gasteiger partial charge in [0.2, 0.25) is 0 Å². The molecule has 0 atom stereocenters. The summed E-state index contributed by atoms with van der Waals surface area (Å²) in [7, 11) is 3.95. The molecule has 0 aliphatic carbocycles. The fourth-order valence-corrected chi connectivity index (χ4v) is 1.58. The topological polar surface area (TPSA) is 20.3 Å². The van der Waals surface area contributed by atoms with Gasteiger partial charge in [0, 0.05) is 13.0 Å². The van der Waals surface area contributed by atoms with Crippen LogP contribution in [0.15, 0.2) is 17.5 Å². The molecule has 0 aromatic carbocycles. The maximum absolute atomic E-state index is 11.4. The normalized spacial score (nSPS) is 9.77. The van der Waals surface area contributed by atoms with Gasteiger partial charge >= 0.3 is 1.43 Å². The maximum Gasteiger partial charge on any atom is 1.00 e. The van der Waals surface area contributed by atoms with E-state index in [1.54, 1.807) is 0 Å². The van der Waals surface area contributed by atoms with Gasteiger partial charge in [-0.2, -0.15) is 0 Å². The van der Waals surface area contributed by atoms with Crippen molar-refractivity contribution in [3.63, 3.8) is 0 Å². The lowest BCUT2D eigenvalue weighted by Gasteiger charge is -2.06. The molecule has 1 aromatic rings. The molecular weight excluding hydrogens is 206 g/mol. The van der Waals surface area contributed by atoms with Gasteiger partial charge in [-0.05, 0) is 25.5 Å². The molecule has 13 heavy (non-hydrogen) atoms. The molecule has 2 nitrogen and oxygen atoms in total. The van der Waals surface area contributed by atoms with Crippen molar-refractivity contribution in [2.75, 3.05) is 20.6 Å². The minimum atomic E-state index is 0. The molecule has 0 aliphatic heterocycles. The number of carbonyl (C=O) groups is 1. The molecule has 0 saturated heterocycles. The Morgan fingerprint density at radius 1 is 1.62 bits per heavy atom. The summed E-state index contributed by atoms with van der Waals surface area (Å²) in [5.41, 5.74) is 0. The Morgan fingerprint density at radius 3 is 2.77 bits per heavy atom. The first-order valence-electron chi connectivity index (χ1n) is 3.91. The number of hydrogen-bond acceptors (Lipinski definition) is 3. The van der Waals surface area contributed by atoms with Crippen LogP contribution in [-0.4, -0.2) is 31.3 Å². The lowest BCUT2D eigenvalue weighted by Crippen LogP contribution is -3.00. The molecule has 0 aliphatic rings. The lowest BCUT2D eigenvalue weighted by atomic mass is 10.2. The molecule has 0 saturated carbocycles. The third kappa shape index (κ3) is 4.41. The van der Waals surface area contributed by atoms with Gasteiger partial charge in [-0.25, -0.2) is 0 Å². The van der Waals surface area contributed by atoms with Gasteiger partial charge in [-0.15, -0.1) is 11.3 Å². The third-order valence-corrected chi connectivity index (χ3v) is 2.49. The molecule has 74 valence electrons. The zero-order valence-corrected chi connectivity index (χ0v) is 9.36. The van der Waals surface area contributed by atoms with Gasteiger partial charge in [0.05, 0.1) is 4.88 Å². The molecule has 0 radical (unpaired) electrons. The molecule has 1 rings (SSSR count). The number of thiophene rings is 1. The quantitative estimate of drug-likeness (QED) is 0.606. The summed E-state index contributed by atoms with van der Waals surface area (Å²) < 4.78 is 0. The zero-order valence-electron chi connectivity index (χ0n) is 8.79. The minimum Gasteiger partial charge on any atom is -1.00 e. The van der Waals surface area contributed by atoms with E-state index >= 15 is 0 Å². The van der Waals surface area contributed by atoms with Crippen molar-refractivity contribution in [3.05, 3.63) is 22.4 Å². The van der Waals surface area contributed by atoms with E-state index in [0.29, 0.717) is 6.42 Å². The van der Waals surface area contributed by atoms with Crippen LogP contribution >= 0.6 is 11.3 Å². The fraction of sp³-hybridized carbons (Fsp3) is 0.444. The Kier molecular flexibility index (Phi) is 5.95. The van der Waals surface area contributed by atoms with Crippen LogP contribution in [0.3, 0.4) is 0 Å². The van der Waals surface area contributed by atoms with Crippen molar-refractivity contribution in [1.29, 1.82) is 0 Å². The highest BCUT2D eigenvalue weighted by molar-refractivity contribution is 7.12. The smallest absolute Gasteiger partial charge is 1.00 e. The number of nitrogens with zero attached hydrogens (tertiary/aromatic N) is 1. The van der Waals surface area contributed by atoms with E-state index in [0.717, 1.165) is 11.4 Å². The Morgan fingerprint density at radius 2 is 2.31 bits per heavy atom. The van der Waals surface area contributed by atoms with Crippen LogP contribution in [0.2, 0.25) is 0 Å². The first-order valence-corrected chi connectivity index (χ1v) is 4.79. The average Bonchev–Trinajstić information content (AvgIpc) is 2.51. The number of ketones is 1. The number of halogens is 1. The Labute approximate surface area is 90.5 Å². The largest absolute Gasteiger partial charge is 1.00 e. The molecule has 1 heterocycles. The van der Waals surface area contributed by atoms with Gasteiger partial charge < -0.3 is 17.3 Å². The van der Waals surface area contributed by atoms with Gasteiger partial charge in [0.15, 0.2) is 5.78 Å². The van der Waals surface area contributed by atoms with Gasteiger partial charge in [0.1, 0.15) is 0 Å². The standard InChI is InChI=1S/C9H13NOS.ClH/c1-10(2)6-5-8(11)9-4-3-7-12-9;/h3-4,7H,5-6H2,1-2H3;1H. The monoisotopic (exact) mass is 219 g/mol. The summed E-state index contributed by atoms with van der Waals surface area (Å²) in [6, 6.07) is 3.79. The van der Waals surface area contributed by atoms with Gasteiger partial charge in [-0.3, -0.25) is 4.79 Å². The number of carbonyl (C=O) groups excluding carboxylic acids is 1. The lowest BCUT2D eigenvalue weighted by molar-refractivity contribution is -0.0000105. The molecule has 1 aromatic heterocycles. The predicted octanol–water partition coefficient (Wildman–Crippen LogP) is -1.00. The van der Waals surface area contributed by atoms with Crippen LogP contribution in [0.25, 0.3) is 0 Å². The van der Waals surface area contributed by atoms with E-state index < -0.39 is 0 Å². The third-order valence-electron chi connectivity index (χ3n) is 1.58. The van der Waals surface area contributed by atoms with Gasteiger partial charge in [-0.1, -0.05) is 6.07 Å². The second-order valence-corrected chi connectivity index (χ2v) is 3.90. The highest BCUT2D eigenvalue weighted by atomic mass is 35.5. The summed E-state index contributed by atoms with van der Waals surface area (Å²) in [5.74, 6) is 0.249. The SMILES string of the molecule is CN(C)CCC(=O)c1cccs1.[Cl-].[H+]. The van der Waals surface area contributed by atoms with Crippen molar-refractivity contribution in [3.8, 4) is 0 Å². The molecule has 0 unspecified atom stereocenters. The summed E-state index contributed by atoms with van der Waals surface area (Å²) in [6.45, 7) is 0.830. The van der Waals surface area contributed by atoms with E-state index in [-0.39, 0.29) is 19.6 Å². The molecule has 4 heteroatoms. The van der Waals surface area contributed by atoms with Gasteiger partial charge in [0.25, 0.3) is 0 Å². The van der Waals surface area contributed by atoms with Crippen LogP contribution in [0.1, 0.15) is 17.5 Å². The van der Waals surface area contributed by atoms with Crippen LogP contribution < -0.4 is 12.4 Å². The van der Waals surface area contributed by atoms with Crippen LogP contribution in [0, 0.1) is 0 Å². The predicted molar refractivity (Wildman–Crippen MR) is 52.9 cm³/mol. The highest BCUT2D eigenvalue weighted by Gasteiger charge is 2.05. The van der Waals surface area contributed by atoms with Crippen molar-refractivity contribution in [2.24, 2.45) is 0 Å². The molecule has 0 N–H and O–H groups in total. The first kappa shape index (κ1) is 12.6. The average molecular weight is 220 g/mol. The van der Waals surface area contributed by atoms with Crippen molar-refractivity contribution < 1.29 is 18.6 Å². The maximum atomic E-state index is 11.4. The van der Waals surface area contributed by atoms with Crippen molar-refractivity contribution >= 4 is 17.1 Å². The van der Waals surface area contributed by atoms with E-state index in [9.17, 15) is 4.79 Å². The van der Waals surface area contributed by atoms with E-state index in [1.165, 1.54) is 11.3 Å². The second kappa shape index (κ2) is 6.13. The number of Topliss-reactive ketones (excluding diaryl/α,β-unsaturated/α-hetero) is 1. The highest BCUT2D eigenvalue weighted by Crippen LogP contribution is 2.10. The molecule has 0 fully saturated rings. The minimum absolute atomic E-state index is 0. The molecular formula is C9H14ClNOS. The van der Waals surface area contributed by atoms with E-state index in [2.05, 4.69) is 0 Å². The first-order chi connectivity index (χ1) is 5.70. The molecule has 0 spiro atoms. The van der Waals surface area contributed by atoms with E-state index in [1.807, 2.05) is 36.5 Å². The van der Waals surface area contributed by atoms with Crippen LogP contribution in [0.5, 0.6) is 0 Å². The second-order valence-electron chi connectivity index (χ2n) is 2.95. The summed E-state index contributed by atoms with van der Waals surface area (Å²) in [4.78, 5) is 14.3. The van der Waals surface area contributed by atoms with Crippen molar-refractivity contribution in [2.45, 2.75) is 6.42 Å². The van der Waals surface area contributed by atoms with Crippen LogP contribution in [-0.2, 0) is 0 Å². The van der Waals surface area contributed by atoms with Crippen LogP contribution in [0.4, 0.5) is 0 Å². The fourth-order valence-electron chi connectivity index (χ4n) is 0.886. The Bertz CT molecular complexity index is 251. The van der Waals surface area contributed by atoms with Crippen molar-refractivity contribution in [1.82, 2.24) is 4.90 Å². The Balaban J connectivity index is 0. The number of rotatable bonds is 4. The molecule has 0 amide bonds. The summed E-state index contributed by atoms with van der Waals surface area (Å²) in [6.07, 6.45) is 0.619. The van der Waals surface area contributed by atoms with E-state index in [4.69, 9.17) is 0 Å².